The Bertz CT molecular complexity index is 194. The van der Waals surface area contributed by atoms with E-state index in [9.17, 15) is 5.11 Å². The molecule has 0 saturated carbocycles. The first-order valence-corrected chi connectivity index (χ1v) is 5.02. The molecule has 0 heterocycles. The van der Waals surface area contributed by atoms with Crippen molar-refractivity contribution in [3.05, 3.63) is 11.6 Å². The van der Waals surface area contributed by atoms with Gasteiger partial charge in [0.1, 0.15) is 0 Å². The molecule has 0 radical (unpaired) electrons. The molecule has 1 rings (SSSR count). The summed E-state index contributed by atoms with van der Waals surface area (Å²) in [7, 11) is 0. The van der Waals surface area contributed by atoms with Crippen LogP contribution in [0.1, 0.15) is 33.1 Å². The van der Waals surface area contributed by atoms with E-state index in [1.54, 1.807) is 0 Å². The molecule has 76 valence electrons. The Morgan fingerprint density at radius 1 is 1.46 bits per heavy atom. The van der Waals surface area contributed by atoms with Crippen molar-refractivity contribution in [3.63, 3.8) is 0 Å². The quantitative estimate of drug-likeness (QED) is 0.656. The van der Waals surface area contributed by atoms with E-state index in [0.717, 1.165) is 24.8 Å². The molecule has 0 aromatic heterocycles. The van der Waals surface area contributed by atoms with Gasteiger partial charge in [0.25, 0.3) is 0 Å². The number of hydrogen-bond acceptors (Lipinski definition) is 2. The van der Waals surface area contributed by atoms with E-state index in [2.05, 4.69) is 19.9 Å². The molecule has 1 aliphatic rings. The van der Waals surface area contributed by atoms with Crippen LogP contribution in [0, 0.1) is 11.3 Å². The van der Waals surface area contributed by atoms with Crippen LogP contribution < -0.4 is 0 Å². The Balaban J connectivity index is 2.78. The van der Waals surface area contributed by atoms with Crippen LogP contribution in [-0.2, 0) is 0 Å². The summed E-state index contributed by atoms with van der Waals surface area (Å²) in [5.41, 5.74) is 1.35. The highest BCUT2D eigenvalue weighted by Gasteiger charge is 2.33. The van der Waals surface area contributed by atoms with Crippen molar-refractivity contribution in [3.8, 4) is 0 Å². The van der Waals surface area contributed by atoms with Gasteiger partial charge in [-0.05, 0) is 36.2 Å². The fourth-order valence-electron chi connectivity index (χ4n) is 2.33. The van der Waals surface area contributed by atoms with E-state index < -0.39 is 0 Å². The molecule has 0 bridgehead atoms. The lowest BCUT2D eigenvalue weighted by atomic mass is 9.67. The van der Waals surface area contributed by atoms with Gasteiger partial charge >= 0.3 is 0 Å². The molecule has 2 N–H and O–H groups in total. The molecule has 0 unspecified atom stereocenters. The van der Waals surface area contributed by atoms with Gasteiger partial charge in [-0.2, -0.15) is 0 Å². The molecular formula is C11H20O2. The largest absolute Gasteiger partial charge is 0.396 e. The monoisotopic (exact) mass is 184 g/mol. The van der Waals surface area contributed by atoms with Gasteiger partial charge in [-0.25, -0.2) is 0 Å². The van der Waals surface area contributed by atoms with Crippen molar-refractivity contribution in [1.82, 2.24) is 0 Å². The molecule has 2 heteroatoms. The van der Waals surface area contributed by atoms with Crippen molar-refractivity contribution in [2.24, 2.45) is 11.3 Å². The van der Waals surface area contributed by atoms with E-state index in [0.29, 0.717) is 5.92 Å². The van der Waals surface area contributed by atoms with E-state index >= 15 is 0 Å². The summed E-state index contributed by atoms with van der Waals surface area (Å²) in [6.07, 6.45) is 5.12. The molecule has 2 nitrogen and oxygen atoms in total. The zero-order valence-electron chi connectivity index (χ0n) is 8.58. The average molecular weight is 184 g/mol. The van der Waals surface area contributed by atoms with Gasteiger partial charge in [-0.3, -0.25) is 0 Å². The number of allylic oxidation sites excluding steroid dienone is 1. The Labute approximate surface area is 80.3 Å². The number of aliphatic hydroxyl groups excluding tert-OH is 2. The molecular weight excluding hydrogens is 164 g/mol. The third-order valence-electron chi connectivity index (χ3n) is 3.19. The third-order valence-corrected chi connectivity index (χ3v) is 3.19. The second kappa shape index (κ2) is 4.25. The second-order valence-electron chi connectivity index (χ2n) is 4.53. The minimum absolute atomic E-state index is 0.147. The van der Waals surface area contributed by atoms with Crippen LogP contribution in [0.2, 0.25) is 0 Å². The minimum atomic E-state index is 0.147. The van der Waals surface area contributed by atoms with Crippen LogP contribution >= 0.6 is 0 Å². The molecule has 13 heavy (non-hydrogen) atoms. The van der Waals surface area contributed by atoms with Gasteiger partial charge in [0, 0.05) is 6.61 Å². The molecule has 0 aromatic rings. The van der Waals surface area contributed by atoms with Gasteiger partial charge < -0.3 is 10.2 Å². The van der Waals surface area contributed by atoms with Crippen molar-refractivity contribution in [2.75, 3.05) is 13.2 Å². The van der Waals surface area contributed by atoms with E-state index in [4.69, 9.17) is 5.11 Å². The lowest BCUT2D eigenvalue weighted by molar-refractivity contribution is 0.150. The lowest BCUT2D eigenvalue weighted by Gasteiger charge is -2.38. The maximum absolute atomic E-state index is 9.17. The zero-order chi connectivity index (χ0) is 9.90. The predicted octanol–water partition coefficient (Wildman–Crippen LogP) is 1.72. The van der Waals surface area contributed by atoms with Crippen molar-refractivity contribution in [1.29, 1.82) is 0 Å². The van der Waals surface area contributed by atoms with Gasteiger partial charge in [-0.15, -0.1) is 0 Å². The van der Waals surface area contributed by atoms with Crippen LogP contribution in [0.25, 0.3) is 0 Å². The predicted molar refractivity (Wildman–Crippen MR) is 53.4 cm³/mol. The smallest absolute Gasteiger partial charge is 0.0644 e. The first-order chi connectivity index (χ1) is 6.11. The molecule has 0 aromatic carbocycles. The van der Waals surface area contributed by atoms with Crippen LogP contribution in [0.5, 0.6) is 0 Å². The van der Waals surface area contributed by atoms with Crippen molar-refractivity contribution < 1.29 is 10.2 Å². The fourth-order valence-corrected chi connectivity index (χ4v) is 2.33. The van der Waals surface area contributed by atoms with E-state index in [1.165, 1.54) is 0 Å². The topological polar surface area (TPSA) is 40.5 Å². The van der Waals surface area contributed by atoms with Crippen molar-refractivity contribution in [2.45, 2.75) is 33.1 Å². The molecule has 0 aliphatic heterocycles. The SMILES string of the molecule is CC1(C)CCC=C(CO)[C@H]1CCO. The Morgan fingerprint density at radius 2 is 2.15 bits per heavy atom. The molecule has 0 saturated heterocycles. The Morgan fingerprint density at radius 3 is 2.69 bits per heavy atom. The van der Waals surface area contributed by atoms with Crippen LogP contribution in [0.4, 0.5) is 0 Å². The molecule has 0 amide bonds. The number of rotatable bonds is 3. The fraction of sp³-hybridized carbons (Fsp3) is 0.818. The van der Waals surface area contributed by atoms with Gasteiger partial charge in [0.05, 0.1) is 6.61 Å². The molecule has 1 aliphatic carbocycles. The normalized spacial score (nSPS) is 27.1. The van der Waals surface area contributed by atoms with Crippen LogP contribution in [0.15, 0.2) is 11.6 Å². The summed E-state index contributed by atoms with van der Waals surface area (Å²) in [4.78, 5) is 0. The highest BCUT2D eigenvalue weighted by atomic mass is 16.3. The van der Waals surface area contributed by atoms with Crippen molar-refractivity contribution >= 4 is 0 Å². The standard InChI is InChI=1S/C11H20O2/c1-11(2)6-3-4-9(8-13)10(11)5-7-12/h4,10,12-13H,3,5-8H2,1-2H3/t10-/m1/s1. The highest BCUT2D eigenvalue weighted by molar-refractivity contribution is 5.14. The molecule has 1 atom stereocenters. The number of hydrogen-bond donors (Lipinski definition) is 2. The summed E-state index contributed by atoms with van der Waals surface area (Å²) in [5.74, 6) is 0.358. The van der Waals surface area contributed by atoms with Gasteiger partial charge in [-0.1, -0.05) is 19.9 Å². The summed E-state index contributed by atoms with van der Waals surface area (Å²) < 4.78 is 0. The van der Waals surface area contributed by atoms with Crippen LogP contribution in [0.3, 0.4) is 0 Å². The van der Waals surface area contributed by atoms with E-state index in [1.807, 2.05) is 0 Å². The number of aliphatic hydroxyl groups is 2. The van der Waals surface area contributed by atoms with Gasteiger partial charge in [0.2, 0.25) is 0 Å². The highest BCUT2D eigenvalue weighted by Crippen LogP contribution is 2.42. The third kappa shape index (κ3) is 2.32. The second-order valence-corrected chi connectivity index (χ2v) is 4.53. The minimum Gasteiger partial charge on any atom is -0.396 e. The first kappa shape index (κ1) is 10.7. The van der Waals surface area contributed by atoms with E-state index in [-0.39, 0.29) is 18.6 Å². The lowest BCUT2D eigenvalue weighted by Crippen LogP contribution is -2.30. The Hall–Kier alpha value is -0.340. The summed E-state index contributed by atoms with van der Waals surface area (Å²) in [6.45, 7) is 4.80. The summed E-state index contributed by atoms with van der Waals surface area (Å²) >= 11 is 0. The maximum atomic E-state index is 9.17. The van der Waals surface area contributed by atoms with Crippen LogP contribution in [-0.4, -0.2) is 23.4 Å². The maximum Gasteiger partial charge on any atom is 0.0644 e. The zero-order valence-corrected chi connectivity index (χ0v) is 8.58. The molecule has 0 spiro atoms. The van der Waals surface area contributed by atoms with Gasteiger partial charge in [0.15, 0.2) is 0 Å². The summed E-state index contributed by atoms with van der Waals surface area (Å²) in [5, 5.41) is 18.1. The Kier molecular flexibility index (Phi) is 3.51. The first-order valence-electron chi connectivity index (χ1n) is 5.02. The summed E-state index contributed by atoms with van der Waals surface area (Å²) in [6, 6.07) is 0. The molecule has 0 fully saturated rings. The average Bonchev–Trinajstić information content (AvgIpc) is 2.08.